The average molecular weight is 261 g/mol. The Morgan fingerprint density at radius 2 is 2.00 bits per heavy atom. The average Bonchev–Trinajstić information content (AvgIpc) is 2.99. The van der Waals surface area contributed by atoms with Crippen LogP contribution in [0, 0.1) is 17.8 Å². The topological polar surface area (TPSA) is 29.1 Å². The third-order valence-corrected chi connectivity index (χ3v) is 4.84. The first-order chi connectivity index (χ1) is 8.72. The number of hydrogen-bond acceptors (Lipinski definition) is 2. The molecule has 0 spiro atoms. The summed E-state index contributed by atoms with van der Waals surface area (Å²) in [6.45, 7) is 0.850. The first-order valence-corrected chi connectivity index (χ1v) is 7.24. The number of benzene rings is 1. The van der Waals surface area contributed by atoms with E-state index < -0.39 is 0 Å². The van der Waals surface area contributed by atoms with Gasteiger partial charge in [0.2, 0.25) is 0 Å². The lowest BCUT2D eigenvalue weighted by molar-refractivity contribution is 0.0941. The molecular formula is C15H19NOS. The molecule has 2 bridgehead atoms. The van der Waals surface area contributed by atoms with Gasteiger partial charge < -0.3 is 5.32 Å². The monoisotopic (exact) mass is 261 g/mol. The summed E-state index contributed by atoms with van der Waals surface area (Å²) < 4.78 is 0. The van der Waals surface area contributed by atoms with Crippen LogP contribution in [0.5, 0.6) is 0 Å². The second-order valence-corrected chi connectivity index (χ2v) is 6.21. The Hall–Kier alpha value is -0.960. The van der Waals surface area contributed by atoms with Gasteiger partial charge in [0, 0.05) is 17.0 Å². The van der Waals surface area contributed by atoms with E-state index in [-0.39, 0.29) is 5.91 Å². The van der Waals surface area contributed by atoms with Crippen molar-refractivity contribution in [2.45, 2.75) is 30.6 Å². The van der Waals surface area contributed by atoms with Crippen LogP contribution < -0.4 is 5.32 Å². The molecule has 2 nitrogen and oxygen atoms in total. The third-order valence-electron chi connectivity index (χ3n) is 4.54. The molecule has 2 saturated carbocycles. The van der Waals surface area contributed by atoms with E-state index in [0.717, 1.165) is 34.8 Å². The van der Waals surface area contributed by atoms with Crippen LogP contribution in [0.25, 0.3) is 0 Å². The summed E-state index contributed by atoms with van der Waals surface area (Å²) in [5.74, 6) is 2.58. The Balaban J connectivity index is 1.54. The summed E-state index contributed by atoms with van der Waals surface area (Å²) in [6.07, 6.45) is 5.51. The van der Waals surface area contributed by atoms with Crippen LogP contribution in [-0.4, -0.2) is 12.5 Å². The van der Waals surface area contributed by atoms with Gasteiger partial charge in [0.25, 0.3) is 5.91 Å². The van der Waals surface area contributed by atoms with Gasteiger partial charge in [-0.25, -0.2) is 0 Å². The van der Waals surface area contributed by atoms with Crippen molar-refractivity contribution in [1.82, 2.24) is 5.32 Å². The van der Waals surface area contributed by atoms with Gasteiger partial charge in [-0.05, 0) is 61.3 Å². The van der Waals surface area contributed by atoms with Gasteiger partial charge in [-0.3, -0.25) is 4.79 Å². The van der Waals surface area contributed by atoms with E-state index in [9.17, 15) is 4.79 Å². The molecule has 2 aliphatic carbocycles. The Labute approximate surface area is 114 Å². The number of rotatable bonds is 3. The van der Waals surface area contributed by atoms with Crippen LogP contribution in [0.4, 0.5) is 0 Å². The minimum atomic E-state index is 0.0473. The molecule has 1 amide bonds. The summed E-state index contributed by atoms with van der Waals surface area (Å²) in [5.41, 5.74) is 0.732. The molecule has 1 N–H and O–H groups in total. The highest BCUT2D eigenvalue weighted by Crippen LogP contribution is 2.47. The Morgan fingerprint density at radius 3 is 2.61 bits per heavy atom. The van der Waals surface area contributed by atoms with Crippen LogP contribution in [0.3, 0.4) is 0 Å². The number of nitrogens with one attached hydrogen (secondary N) is 1. The van der Waals surface area contributed by atoms with Crippen LogP contribution in [0.2, 0.25) is 0 Å². The molecule has 0 saturated heterocycles. The van der Waals surface area contributed by atoms with E-state index in [1.165, 1.54) is 25.7 Å². The second-order valence-electron chi connectivity index (χ2n) is 5.69. The van der Waals surface area contributed by atoms with E-state index in [2.05, 4.69) is 17.9 Å². The maximum Gasteiger partial charge on any atom is 0.251 e. The minimum absolute atomic E-state index is 0.0473. The van der Waals surface area contributed by atoms with Gasteiger partial charge in [-0.15, -0.1) is 12.6 Å². The fourth-order valence-electron chi connectivity index (χ4n) is 3.57. The van der Waals surface area contributed by atoms with Crippen molar-refractivity contribution < 1.29 is 4.79 Å². The van der Waals surface area contributed by atoms with Gasteiger partial charge in [0.15, 0.2) is 0 Å². The zero-order valence-corrected chi connectivity index (χ0v) is 11.3. The molecule has 0 radical (unpaired) electrons. The lowest BCUT2D eigenvalue weighted by atomic mass is 9.89. The van der Waals surface area contributed by atoms with Crippen molar-refractivity contribution in [2.75, 3.05) is 6.54 Å². The molecule has 2 fully saturated rings. The first-order valence-electron chi connectivity index (χ1n) is 6.79. The maximum atomic E-state index is 12.0. The lowest BCUT2D eigenvalue weighted by Crippen LogP contribution is -2.31. The van der Waals surface area contributed by atoms with Crippen molar-refractivity contribution in [3.05, 3.63) is 29.8 Å². The van der Waals surface area contributed by atoms with E-state index in [0.29, 0.717) is 0 Å². The van der Waals surface area contributed by atoms with Crippen LogP contribution in [0.15, 0.2) is 29.2 Å². The molecule has 0 aliphatic heterocycles. The summed E-state index contributed by atoms with van der Waals surface area (Å²) in [4.78, 5) is 12.9. The number of carbonyl (C=O) groups excluding carboxylic acids is 1. The molecule has 0 aromatic heterocycles. The molecule has 3 unspecified atom stereocenters. The van der Waals surface area contributed by atoms with Crippen LogP contribution in [0.1, 0.15) is 36.0 Å². The van der Waals surface area contributed by atoms with Gasteiger partial charge in [-0.2, -0.15) is 0 Å². The summed E-state index contributed by atoms with van der Waals surface area (Å²) in [7, 11) is 0. The minimum Gasteiger partial charge on any atom is -0.352 e. The van der Waals surface area contributed by atoms with Crippen LogP contribution in [-0.2, 0) is 0 Å². The number of fused-ring (bicyclic) bond motifs is 2. The summed E-state index contributed by atoms with van der Waals surface area (Å²) in [6, 6.07) is 7.38. The fraction of sp³-hybridized carbons (Fsp3) is 0.533. The molecular weight excluding hydrogens is 242 g/mol. The molecule has 18 heavy (non-hydrogen) atoms. The summed E-state index contributed by atoms with van der Waals surface area (Å²) >= 11 is 4.22. The number of amides is 1. The molecule has 3 atom stereocenters. The van der Waals surface area contributed by atoms with Crippen molar-refractivity contribution >= 4 is 18.5 Å². The van der Waals surface area contributed by atoms with Crippen molar-refractivity contribution in [2.24, 2.45) is 17.8 Å². The maximum absolute atomic E-state index is 12.0. The molecule has 3 heteroatoms. The molecule has 96 valence electrons. The first kappa shape index (κ1) is 12.1. The van der Waals surface area contributed by atoms with E-state index in [1.54, 1.807) is 0 Å². The Morgan fingerprint density at radius 1 is 1.22 bits per heavy atom. The zero-order valence-electron chi connectivity index (χ0n) is 10.4. The van der Waals surface area contributed by atoms with Gasteiger partial charge >= 0.3 is 0 Å². The standard InChI is InChI=1S/C15H19NOS/c17-15(11-3-5-14(18)6-4-11)16-9-13-8-10-1-2-12(13)7-10/h3-6,10,12-13,18H,1-2,7-9H2,(H,16,17). The number of carbonyl (C=O) groups is 1. The lowest BCUT2D eigenvalue weighted by Gasteiger charge is -2.21. The van der Waals surface area contributed by atoms with Crippen molar-refractivity contribution in [3.8, 4) is 0 Å². The predicted molar refractivity (Wildman–Crippen MR) is 75.0 cm³/mol. The van der Waals surface area contributed by atoms with E-state index in [1.807, 2.05) is 24.3 Å². The normalized spacial score (nSPS) is 29.5. The van der Waals surface area contributed by atoms with Gasteiger partial charge in [0.1, 0.15) is 0 Å². The molecule has 1 aromatic rings. The Kier molecular flexibility index (Phi) is 3.33. The molecule has 1 aromatic carbocycles. The highest BCUT2D eigenvalue weighted by Gasteiger charge is 2.39. The van der Waals surface area contributed by atoms with Gasteiger partial charge in [0.05, 0.1) is 0 Å². The Bertz CT molecular complexity index is 442. The second kappa shape index (κ2) is 4.96. The quantitative estimate of drug-likeness (QED) is 0.804. The van der Waals surface area contributed by atoms with E-state index >= 15 is 0 Å². The number of thiol groups is 1. The summed E-state index contributed by atoms with van der Waals surface area (Å²) in [5, 5.41) is 3.08. The fourth-order valence-corrected chi connectivity index (χ4v) is 3.71. The van der Waals surface area contributed by atoms with Gasteiger partial charge in [-0.1, -0.05) is 6.42 Å². The highest BCUT2D eigenvalue weighted by molar-refractivity contribution is 7.80. The van der Waals surface area contributed by atoms with Crippen molar-refractivity contribution in [1.29, 1.82) is 0 Å². The highest BCUT2D eigenvalue weighted by atomic mass is 32.1. The smallest absolute Gasteiger partial charge is 0.251 e. The largest absolute Gasteiger partial charge is 0.352 e. The molecule has 3 rings (SSSR count). The van der Waals surface area contributed by atoms with Crippen LogP contribution >= 0.6 is 12.6 Å². The number of hydrogen-bond donors (Lipinski definition) is 2. The molecule has 2 aliphatic rings. The third kappa shape index (κ3) is 2.41. The molecule has 0 heterocycles. The predicted octanol–water partition coefficient (Wildman–Crippen LogP) is 3.14. The SMILES string of the molecule is O=C(NCC1CC2CCC1C2)c1ccc(S)cc1. The zero-order chi connectivity index (χ0) is 12.5. The van der Waals surface area contributed by atoms with E-state index in [4.69, 9.17) is 0 Å². The van der Waals surface area contributed by atoms with Crippen molar-refractivity contribution in [3.63, 3.8) is 0 Å².